The molecule has 1 N–H and O–H groups in total. The van der Waals surface area contributed by atoms with Crippen LogP contribution in [0.15, 0.2) is 30.3 Å². The molecule has 3 rings (SSSR count). The van der Waals surface area contributed by atoms with E-state index in [0.29, 0.717) is 5.92 Å². The molecule has 1 aromatic carbocycles. The van der Waals surface area contributed by atoms with Crippen LogP contribution in [0.1, 0.15) is 37.7 Å². The van der Waals surface area contributed by atoms with Crippen LogP contribution >= 0.6 is 0 Å². The van der Waals surface area contributed by atoms with Crippen LogP contribution in [-0.2, 0) is 5.60 Å². The second kappa shape index (κ2) is 3.34. The Hall–Kier alpha value is -0.820. The van der Waals surface area contributed by atoms with Gasteiger partial charge in [-0.05, 0) is 36.7 Å². The molecular weight excluding hydrogens is 184 g/mol. The third-order valence-corrected chi connectivity index (χ3v) is 4.37. The lowest BCUT2D eigenvalue weighted by molar-refractivity contribution is -0.161. The Morgan fingerprint density at radius 3 is 2.53 bits per heavy atom. The molecule has 15 heavy (non-hydrogen) atoms. The second-order valence-electron chi connectivity index (χ2n) is 5.15. The lowest BCUT2D eigenvalue weighted by Crippen LogP contribution is -2.52. The molecule has 0 aromatic heterocycles. The summed E-state index contributed by atoms with van der Waals surface area (Å²) in [6.45, 7) is 0. The van der Waals surface area contributed by atoms with Crippen molar-refractivity contribution in [2.75, 3.05) is 0 Å². The minimum atomic E-state index is -0.494. The molecule has 2 fully saturated rings. The van der Waals surface area contributed by atoms with Gasteiger partial charge in [0.1, 0.15) is 0 Å². The average Bonchev–Trinajstić information content (AvgIpc) is 2.29. The van der Waals surface area contributed by atoms with Crippen LogP contribution in [0.5, 0.6) is 0 Å². The molecule has 1 heteroatoms. The van der Waals surface area contributed by atoms with Crippen molar-refractivity contribution in [1.82, 2.24) is 0 Å². The molecule has 2 aliphatic carbocycles. The fraction of sp³-hybridized carbons (Fsp3) is 0.571. The van der Waals surface area contributed by atoms with E-state index in [1.165, 1.54) is 25.7 Å². The number of aliphatic hydroxyl groups is 1. The van der Waals surface area contributed by atoms with E-state index < -0.39 is 5.60 Å². The van der Waals surface area contributed by atoms with Crippen molar-refractivity contribution in [2.24, 2.45) is 11.8 Å². The van der Waals surface area contributed by atoms with Crippen LogP contribution in [0.4, 0.5) is 0 Å². The van der Waals surface area contributed by atoms with E-state index in [4.69, 9.17) is 0 Å². The van der Waals surface area contributed by atoms with Crippen LogP contribution in [0.2, 0.25) is 0 Å². The standard InChI is InChI=1S/C14H18O/c15-14(12-7-2-1-3-8-12)10-11-6-4-5-9-13(11)14/h1-3,7-8,11,13,15H,4-6,9-10H2/t11-,13-,14-/m0/s1. The summed E-state index contributed by atoms with van der Waals surface area (Å²) in [6.07, 6.45) is 6.21. The maximum Gasteiger partial charge on any atom is 0.0930 e. The van der Waals surface area contributed by atoms with Gasteiger partial charge in [-0.3, -0.25) is 0 Å². The van der Waals surface area contributed by atoms with E-state index in [9.17, 15) is 5.11 Å². The molecular formula is C14H18O. The predicted octanol–water partition coefficient (Wildman–Crippen LogP) is 3.08. The second-order valence-corrected chi connectivity index (χ2v) is 5.15. The molecule has 0 aliphatic heterocycles. The highest BCUT2D eigenvalue weighted by Gasteiger charge is 2.53. The zero-order chi connectivity index (χ0) is 10.3. The summed E-state index contributed by atoms with van der Waals surface area (Å²) in [4.78, 5) is 0. The maximum absolute atomic E-state index is 10.7. The van der Waals surface area contributed by atoms with Crippen molar-refractivity contribution in [3.63, 3.8) is 0 Å². The maximum atomic E-state index is 10.7. The van der Waals surface area contributed by atoms with Gasteiger partial charge in [-0.1, -0.05) is 43.2 Å². The Bertz CT molecular complexity index is 346. The van der Waals surface area contributed by atoms with Crippen molar-refractivity contribution in [1.29, 1.82) is 0 Å². The average molecular weight is 202 g/mol. The van der Waals surface area contributed by atoms with E-state index in [-0.39, 0.29) is 0 Å². The first kappa shape index (κ1) is 9.41. The summed E-state index contributed by atoms with van der Waals surface area (Å²) >= 11 is 0. The van der Waals surface area contributed by atoms with Gasteiger partial charge in [0, 0.05) is 0 Å². The van der Waals surface area contributed by atoms with E-state index >= 15 is 0 Å². The molecule has 2 aliphatic rings. The van der Waals surface area contributed by atoms with Crippen molar-refractivity contribution in [3.8, 4) is 0 Å². The van der Waals surface area contributed by atoms with E-state index in [0.717, 1.165) is 17.9 Å². The van der Waals surface area contributed by atoms with Crippen LogP contribution in [0, 0.1) is 11.8 Å². The van der Waals surface area contributed by atoms with Gasteiger partial charge < -0.3 is 5.11 Å². The van der Waals surface area contributed by atoms with Crippen LogP contribution < -0.4 is 0 Å². The molecule has 0 heterocycles. The van der Waals surface area contributed by atoms with Crippen molar-refractivity contribution < 1.29 is 5.11 Å². The SMILES string of the molecule is O[C@]1(c2ccccc2)C[C@@H]2CCCC[C@@H]21. The molecule has 0 bridgehead atoms. The van der Waals surface area contributed by atoms with Gasteiger partial charge in [0.25, 0.3) is 0 Å². The highest BCUT2D eigenvalue weighted by atomic mass is 16.3. The molecule has 1 aromatic rings. The lowest BCUT2D eigenvalue weighted by Gasteiger charge is -2.54. The Kier molecular flexibility index (Phi) is 2.10. The summed E-state index contributed by atoms with van der Waals surface area (Å²) in [5.41, 5.74) is 0.639. The summed E-state index contributed by atoms with van der Waals surface area (Å²) < 4.78 is 0. The Balaban J connectivity index is 1.87. The first-order valence-electron chi connectivity index (χ1n) is 6.08. The molecule has 0 unspecified atom stereocenters. The van der Waals surface area contributed by atoms with Gasteiger partial charge in [0.2, 0.25) is 0 Å². The molecule has 1 nitrogen and oxygen atoms in total. The van der Waals surface area contributed by atoms with E-state index in [1.807, 2.05) is 18.2 Å². The van der Waals surface area contributed by atoms with Crippen LogP contribution in [0.3, 0.4) is 0 Å². The first-order valence-corrected chi connectivity index (χ1v) is 6.08. The minimum absolute atomic E-state index is 0.494. The highest BCUT2D eigenvalue weighted by Crippen LogP contribution is 2.56. The normalized spacial score (nSPS) is 39.3. The quantitative estimate of drug-likeness (QED) is 0.742. The Morgan fingerprint density at radius 1 is 1.07 bits per heavy atom. The molecule has 0 radical (unpaired) electrons. The van der Waals surface area contributed by atoms with Gasteiger partial charge in [-0.2, -0.15) is 0 Å². The van der Waals surface area contributed by atoms with Crippen molar-refractivity contribution in [3.05, 3.63) is 35.9 Å². The minimum Gasteiger partial charge on any atom is -0.385 e. The lowest BCUT2D eigenvalue weighted by atomic mass is 9.54. The molecule has 0 spiro atoms. The highest BCUT2D eigenvalue weighted by molar-refractivity contribution is 5.27. The Morgan fingerprint density at radius 2 is 1.80 bits per heavy atom. The predicted molar refractivity (Wildman–Crippen MR) is 60.4 cm³/mol. The fourth-order valence-electron chi connectivity index (χ4n) is 3.53. The van der Waals surface area contributed by atoms with Gasteiger partial charge in [0.15, 0.2) is 0 Å². The summed E-state index contributed by atoms with van der Waals surface area (Å²) in [6, 6.07) is 10.2. The van der Waals surface area contributed by atoms with Gasteiger partial charge >= 0.3 is 0 Å². The van der Waals surface area contributed by atoms with Crippen molar-refractivity contribution in [2.45, 2.75) is 37.7 Å². The smallest absolute Gasteiger partial charge is 0.0930 e. The largest absolute Gasteiger partial charge is 0.385 e. The van der Waals surface area contributed by atoms with Gasteiger partial charge in [0.05, 0.1) is 5.60 Å². The number of benzene rings is 1. The van der Waals surface area contributed by atoms with Crippen molar-refractivity contribution >= 4 is 0 Å². The van der Waals surface area contributed by atoms with Gasteiger partial charge in [-0.15, -0.1) is 0 Å². The summed E-state index contributed by atoms with van der Waals surface area (Å²) in [5.74, 6) is 1.33. The molecule has 2 saturated carbocycles. The molecule has 3 atom stereocenters. The zero-order valence-corrected chi connectivity index (χ0v) is 9.02. The first-order chi connectivity index (χ1) is 7.31. The molecule has 80 valence electrons. The number of fused-ring (bicyclic) bond motifs is 1. The third-order valence-electron chi connectivity index (χ3n) is 4.37. The molecule has 0 saturated heterocycles. The number of rotatable bonds is 1. The van der Waals surface area contributed by atoms with Gasteiger partial charge in [-0.25, -0.2) is 0 Å². The Labute approximate surface area is 91.1 Å². The van der Waals surface area contributed by atoms with E-state index in [1.54, 1.807) is 0 Å². The topological polar surface area (TPSA) is 20.2 Å². The number of hydrogen-bond donors (Lipinski definition) is 1. The molecule has 0 amide bonds. The van der Waals surface area contributed by atoms with Crippen LogP contribution in [-0.4, -0.2) is 5.11 Å². The fourth-order valence-corrected chi connectivity index (χ4v) is 3.53. The number of hydrogen-bond acceptors (Lipinski definition) is 1. The summed E-state index contributed by atoms with van der Waals surface area (Å²) in [5, 5.41) is 10.7. The van der Waals surface area contributed by atoms with E-state index in [2.05, 4.69) is 12.1 Å². The zero-order valence-electron chi connectivity index (χ0n) is 9.02. The summed E-state index contributed by atoms with van der Waals surface area (Å²) in [7, 11) is 0. The van der Waals surface area contributed by atoms with Crippen LogP contribution in [0.25, 0.3) is 0 Å². The third kappa shape index (κ3) is 1.33. The monoisotopic (exact) mass is 202 g/mol.